The first-order valence-corrected chi connectivity index (χ1v) is 13.6. The van der Waals surface area contributed by atoms with E-state index in [0.717, 1.165) is 67.7 Å². The summed E-state index contributed by atoms with van der Waals surface area (Å²) < 4.78 is 7.89. The highest BCUT2D eigenvalue weighted by Gasteiger charge is 2.38. The lowest BCUT2D eigenvalue weighted by molar-refractivity contribution is -0.00647. The van der Waals surface area contributed by atoms with E-state index in [0.29, 0.717) is 5.92 Å². The monoisotopic (exact) mass is 502 g/mol. The zero-order valence-electron chi connectivity index (χ0n) is 23.8. The molecule has 198 valence electrons. The van der Waals surface area contributed by atoms with E-state index in [1.54, 1.807) is 0 Å². The lowest BCUT2D eigenvalue weighted by Crippen LogP contribution is -2.50. The van der Waals surface area contributed by atoms with Crippen LogP contribution in [0.25, 0.3) is 11.4 Å². The second kappa shape index (κ2) is 9.75. The van der Waals surface area contributed by atoms with Crippen LogP contribution in [0.15, 0.2) is 24.3 Å². The van der Waals surface area contributed by atoms with Crippen LogP contribution in [-0.2, 0) is 24.8 Å². The molecule has 1 atom stereocenters. The van der Waals surface area contributed by atoms with E-state index in [2.05, 4.69) is 82.7 Å². The molecule has 0 saturated carbocycles. The molecule has 0 bridgehead atoms. The highest BCUT2D eigenvalue weighted by molar-refractivity contribution is 5.68. The van der Waals surface area contributed by atoms with Gasteiger partial charge in [-0.3, -0.25) is 4.68 Å². The number of fused-ring (bicyclic) bond motifs is 1. The van der Waals surface area contributed by atoms with Gasteiger partial charge in [0.25, 0.3) is 0 Å². The average molecular weight is 503 g/mol. The number of methoxy groups -OCH3 is 1. The molecule has 3 aromatic rings. The zero-order chi connectivity index (χ0) is 26.5. The highest BCUT2D eigenvalue weighted by Crippen LogP contribution is 2.38. The number of ether oxygens (including phenoxy) is 1. The Labute approximate surface area is 221 Å². The highest BCUT2D eigenvalue weighted by atomic mass is 16.5. The maximum Gasteiger partial charge on any atom is 0.162 e. The lowest BCUT2D eigenvalue weighted by Gasteiger charge is -2.45. The van der Waals surface area contributed by atoms with Crippen molar-refractivity contribution in [1.29, 1.82) is 0 Å². The fourth-order valence-corrected chi connectivity index (χ4v) is 6.14. The molecule has 0 radical (unpaired) electrons. The van der Waals surface area contributed by atoms with Gasteiger partial charge in [-0.1, -0.05) is 45.9 Å². The molecule has 0 amide bonds. The molecule has 4 heterocycles. The summed E-state index contributed by atoms with van der Waals surface area (Å²) in [6.45, 7) is 16.9. The van der Waals surface area contributed by atoms with E-state index in [9.17, 15) is 0 Å². The molecule has 5 rings (SSSR count). The molecule has 0 unspecified atom stereocenters. The fraction of sp³-hybridized carbons (Fsp3) is 0.567. The maximum atomic E-state index is 5.86. The molecule has 7 nitrogen and oxygen atoms in total. The fourth-order valence-electron chi connectivity index (χ4n) is 6.14. The van der Waals surface area contributed by atoms with Crippen molar-refractivity contribution in [1.82, 2.24) is 19.7 Å². The topological polar surface area (TPSA) is 59.3 Å². The Kier molecular flexibility index (Phi) is 6.77. The van der Waals surface area contributed by atoms with Gasteiger partial charge in [0.05, 0.1) is 17.5 Å². The molecule has 2 aliphatic rings. The third-order valence-corrected chi connectivity index (χ3v) is 8.25. The van der Waals surface area contributed by atoms with Crippen molar-refractivity contribution >= 4 is 11.6 Å². The van der Waals surface area contributed by atoms with Gasteiger partial charge >= 0.3 is 0 Å². The minimum Gasteiger partial charge on any atom is -0.381 e. The molecule has 1 saturated heterocycles. The molecular formula is C30H42N6O. The summed E-state index contributed by atoms with van der Waals surface area (Å²) in [7, 11) is 3.89. The Morgan fingerprint density at radius 1 is 1.05 bits per heavy atom. The van der Waals surface area contributed by atoms with Crippen molar-refractivity contribution < 1.29 is 4.74 Å². The number of nitrogens with zero attached hydrogens (tertiary/aromatic N) is 6. The smallest absolute Gasteiger partial charge is 0.162 e. The van der Waals surface area contributed by atoms with Gasteiger partial charge in [0.15, 0.2) is 5.82 Å². The first kappa shape index (κ1) is 25.7. The molecule has 1 fully saturated rings. The number of aromatic nitrogens is 4. The predicted molar refractivity (Wildman–Crippen MR) is 150 cm³/mol. The summed E-state index contributed by atoms with van der Waals surface area (Å²) in [6.07, 6.45) is 2.13. The second-order valence-corrected chi connectivity index (χ2v) is 11.9. The summed E-state index contributed by atoms with van der Waals surface area (Å²) in [6, 6.07) is 8.68. The first-order chi connectivity index (χ1) is 17.6. The van der Waals surface area contributed by atoms with Crippen LogP contribution >= 0.6 is 0 Å². The minimum absolute atomic E-state index is 0.0339. The van der Waals surface area contributed by atoms with Gasteiger partial charge in [0.1, 0.15) is 11.6 Å². The standard InChI is InChI=1S/C30H42N6O/c1-19(2)24-16-26(34(7)33-24)35-14-12-23-22(17-35)29(36-15-13-25(37-8)30(5,6)18-36)32-28(31-23)27-20(3)10-9-11-21(27)4/h9-11,16,19,25H,12-15,17-18H2,1-8H3/t25-/m1/s1. The molecule has 37 heavy (non-hydrogen) atoms. The minimum atomic E-state index is 0.0339. The van der Waals surface area contributed by atoms with Crippen molar-refractivity contribution in [3.05, 3.63) is 52.3 Å². The third kappa shape index (κ3) is 4.74. The van der Waals surface area contributed by atoms with Crippen LogP contribution in [0.2, 0.25) is 0 Å². The van der Waals surface area contributed by atoms with E-state index in [1.165, 1.54) is 22.4 Å². The third-order valence-electron chi connectivity index (χ3n) is 8.25. The van der Waals surface area contributed by atoms with E-state index < -0.39 is 0 Å². The number of hydrogen-bond acceptors (Lipinski definition) is 6. The van der Waals surface area contributed by atoms with Crippen LogP contribution in [-0.4, -0.2) is 52.6 Å². The molecule has 7 heteroatoms. The Morgan fingerprint density at radius 2 is 1.78 bits per heavy atom. The quantitative estimate of drug-likeness (QED) is 0.464. The van der Waals surface area contributed by atoms with Crippen molar-refractivity contribution in [2.75, 3.05) is 36.5 Å². The van der Waals surface area contributed by atoms with E-state index in [1.807, 2.05) is 11.8 Å². The summed E-state index contributed by atoms with van der Waals surface area (Å²) in [5.41, 5.74) is 7.20. The summed E-state index contributed by atoms with van der Waals surface area (Å²) in [5.74, 6) is 3.51. The Bertz CT molecular complexity index is 1270. The van der Waals surface area contributed by atoms with Crippen LogP contribution in [0.4, 0.5) is 11.6 Å². The predicted octanol–water partition coefficient (Wildman–Crippen LogP) is 5.43. The maximum absolute atomic E-state index is 5.86. The molecule has 2 aromatic heterocycles. The van der Waals surface area contributed by atoms with Crippen LogP contribution in [0.5, 0.6) is 0 Å². The SMILES string of the molecule is CO[C@@H]1CCN(c2nc(-c3c(C)cccc3C)nc3c2CN(c2cc(C(C)C)nn2C)CC3)CC1(C)C. The number of rotatable bonds is 5. The number of aryl methyl sites for hydroxylation is 3. The number of anilines is 2. The molecule has 1 aromatic carbocycles. The van der Waals surface area contributed by atoms with Gasteiger partial charge in [-0.05, 0) is 37.3 Å². The first-order valence-electron chi connectivity index (χ1n) is 13.6. The van der Waals surface area contributed by atoms with Gasteiger partial charge in [-0.2, -0.15) is 5.10 Å². The van der Waals surface area contributed by atoms with Crippen molar-refractivity contribution in [2.24, 2.45) is 12.5 Å². The largest absolute Gasteiger partial charge is 0.381 e. The lowest BCUT2D eigenvalue weighted by atomic mass is 9.81. The van der Waals surface area contributed by atoms with Gasteiger partial charge in [0, 0.05) is 69.4 Å². The summed E-state index contributed by atoms with van der Waals surface area (Å²) in [5, 5.41) is 4.78. The van der Waals surface area contributed by atoms with Crippen LogP contribution in [0, 0.1) is 19.3 Å². The number of piperidine rings is 1. The van der Waals surface area contributed by atoms with Gasteiger partial charge < -0.3 is 14.5 Å². The van der Waals surface area contributed by atoms with E-state index in [-0.39, 0.29) is 11.5 Å². The number of hydrogen-bond donors (Lipinski definition) is 0. The Morgan fingerprint density at radius 3 is 2.41 bits per heavy atom. The van der Waals surface area contributed by atoms with Crippen molar-refractivity contribution in [3.8, 4) is 11.4 Å². The zero-order valence-corrected chi connectivity index (χ0v) is 23.8. The van der Waals surface area contributed by atoms with E-state index in [4.69, 9.17) is 19.8 Å². The number of benzene rings is 1. The van der Waals surface area contributed by atoms with Gasteiger partial charge in [-0.25, -0.2) is 9.97 Å². The Balaban J connectivity index is 1.60. The molecular weight excluding hydrogens is 460 g/mol. The van der Waals surface area contributed by atoms with Crippen LogP contribution in [0.3, 0.4) is 0 Å². The molecule has 0 spiro atoms. The average Bonchev–Trinajstić information content (AvgIpc) is 3.24. The van der Waals surface area contributed by atoms with Crippen molar-refractivity contribution in [2.45, 2.75) is 73.0 Å². The normalized spacial score (nSPS) is 19.4. The van der Waals surface area contributed by atoms with Crippen LogP contribution in [0.1, 0.15) is 68.1 Å². The molecule has 2 aliphatic heterocycles. The Hall–Kier alpha value is -2.93. The second-order valence-electron chi connectivity index (χ2n) is 11.9. The van der Waals surface area contributed by atoms with Crippen molar-refractivity contribution in [3.63, 3.8) is 0 Å². The van der Waals surface area contributed by atoms with Gasteiger partial charge in [0.2, 0.25) is 0 Å². The van der Waals surface area contributed by atoms with Gasteiger partial charge in [-0.15, -0.1) is 0 Å². The molecule has 0 aliphatic carbocycles. The van der Waals surface area contributed by atoms with E-state index >= 15 is 0 Å². The summed E-state index contributed by atoms with van der Waals surface area (Å²) >= 11 is 0. The summed E-state index contributed by atoms with van der Waals surface area (Å²) in [4.78, 5) is 15.5. The molecule has 0 N–H and O–H groups in total. The van der Waals surface area contributed by atoms with Crippen LogP contribution < -0.4 is 9.80 Å².